The summed E-state index contributed by atoms with van der Waals surface area (Å²) in [6, 6.07) is 12.4. The van der Waals surface area contributed by atoms with Crippen LogP contribution >= 0.6 is 0 Å². The van der Waals surface area contributed by atoms with E-state index in [9.17, 15) is 15.2 Å². The second-order valence-corrected chi connectivity index (χ2v) is 3.92. The van der Waals surface area contributed by atoms with Crippen molar-refractivity contribution in [3.63, 3.8) is 0 Å². The van der Waals surface area contributed by atoms with Gasteiger partial charge in [-0.05, 0) is 12.1 Å². The molecule has 0 fully saturated rings. The molecule has 0 aliphatic heterocycles. The van der Waals surface area contributed by atoms with Crippen LogP contribution in [0.25, 0.3) is 0 Å². The first-order valence-corrected chi connectivity index (χ1v) is 5.71. The van der Waals surface area contributed by atoms with Gasteiger partial charge in [-0.15, -0.1) is 0 Å². The molecule has 0 heterocycles. The first kappa shape index (κ1) is 13.5. The highest BCUT2D eigenvalue weighted by molar-refractivity contribution is 5.53. The lowest BCUT2D eigenvalue weighted by atomic mass is 10.2. The van der Waals surface area contributed by atoms with Crippen molar-refractivity contribution in [3.05, 3.63) is 63.7 Å². The minimum Gasteiger partial charge on any atom is -0.450 e. The predicted molar refractivity (Wildman–Crippen MR) is 70.3 cm³/mol. The largest absolute Gasteiger partial charge is 0.450 e. The summed E-state index contributed by atoms with van der Waals surface area (Å²) < 4.78 is 5.48. The van der Waals surface area contributed by atoms with Crippen LogP contribution in [-0.2, 0) is 6.61 Å². The van der Waals surface area contributed by atoms with Crippen LogP contribution in [0.1, 0.15) is 11.1 Å². The topological polar surface area (TPSA) is 96.4 Å². The monoisotopic (exact) mass is 270 g/mol. The fraction of sp³-hybridized carbons (Fsp3) is 0.0714. The Hall–Kier alpha value is -2.91. The third-order valence-corrected chi connectivity index (χ3v) is 2.65. The average Bonchev–Trinajstić information content (AvgIpc) is 2.47. The minimum atomic E-state index is -0.585. The van der Waals surface area contributed by atoms with E-state index in [1.807, 2.05) is 6.07 Å². The van der Waals surface area contributed by atoms with Crippen molar-refractivity contribution >= 4 is 5.69 Å². The van der Waals surface area contributed by atoms with Gasteiger partial charge in [0.25, 0.3) is 0 Å². The molecule has 0 saturated carbocycles. The van der Waals surface area contributed by atoms with E-state index in [1.54, 1.807) is 24.3 Å². The molecule has 20 heavy (non-hydrogen) atoms. The van der Waals surface area contributed by atoms with Crippen LogP contribution in [-0.4, -0.2) is 10.0 Å². The molecule has 0 aliphatic carbocycles. The molecule has 1 N–H and O–H groups in total. The molecule has 0 atom stereocenters. The maximum absolute atomic E-state index is 11.0. The smallest absolute Gasteiger partial charge is 0.311 e. The highest BCUT2D eigenvalue weighted by Crippen LogP contribution is 2.33. The molecule has 2 aromatic rings. The number of hydrogen-bond acceptors (Lipinski definition) is 5. The summed E-state index contributed by atoms with van der Waals surface area (Å²) in [5.41, 5.74) is 0.521. The van der Waals surface area contributed by atoms with Gasteiger partial charge in [0, 0.05) is 17.7 Å². The molecule has 0 spiro atoms. The SMILES string of the molecule is N#Cc1ccc([N+](=O)[O-])c(Oc2ccccc2CO)c1. The van der Waals surface area contributed by atoms with Gasteiger partial charge in [-0.2, -0.15) is 5.26 Å². The molecule has 0 aliphatic rings. The highest BCUT2D eigenvalue weighted by Gasteiger charge is 2.17. The third-order valence-electron chi connectivity index (χ3n) is 2.65. The molecule has 2 rings (SSSR count). The minimum absolute atomic E-state index is 0.0325. The Kier molecular flexibility index (Phi) is 3.93. The number of aliphatic hydroxyl groups excluding tert-OH is 1. The number of benzene rings is 2. The number of nitrogens with zero attached hydrogens (tertiary/aromatic N) is 2. The number of para-hydroxylation sites is 1. The van der Waals surface area contributed by atoms with Crippen molar-refractivity contribution in [3.8, 4) is 17.6 Å². The molecule has 0 radical (unpaired) electrons. The third kappa shape index (κ3) is 2.74. The summed E-state index contributed by atoms with van der Waals surface area (Å²) in [5, 5.41) is 29.0. The van der Waals surface area contributed by atoms with Crippen molar-refractivity contribution in [2.45, 2.75) is 6.61 Å². The van der Waals surface area contributed by atoms with Crippen molar-refractivity contribution < 1.29 is 14.8 Å². The summed E-state index contributed by atoms with van der Waals surface area (Å²) in [5.74, 6) is 0.281. The Morgan fingerprint density at radius 1 is 1.25 bits per heavy atom. The van der Waals surface area contributed by atoms with E-state index in [-0.39, 0.29) is 23.6 Å². The number of aliphatic hydroxyl groups is 1. The predicted octanol–water partition coefficient (Wildman–Crippen LogP) is 2.75. The van der Waals surface area contributed by atoms with Crippen LogP contribution in [0, 0.1) is 21.4 Å². The van der Waals surface area contributed by atoms with Crippen LogP contribution in [0.3, 0.4) is 0 Å². The normalized spacial score (nSPS) is 9.80. The van der Waals surface area contributed by atoms with Gasteiger partial charge in [0.2, 0.25) is 5.75 Å². The van der Waals surface area contributed by atoms with Gasteiger partial charge >= 0.3 is 5.69 Å². The quantitative estimate of drug-likeness (QED) is 0.680. The molecule has 0 bridgehead atoms. The van der Waals surface area contributed by atoms with E-state index in [0.717, 1.165) is 0 Å². The summed E-state index contributed by atoms with van der Waals surface area (Å²) in [7, 11) is 0. The number of rotatable bonds is 4. The van der Waals surface area contributed by atoms with E-state index in [4.69, 9.17) is 10.00 Å². The lowest BCUT2D eigenvalue weighted by molar-refractivity contribution is -0.385. The Bertz CT molecular complexity index is 692. The number of nitro benzene ring substituents is 1. The standard InChI is InChI=1S/C14H10N2O4/c15-8-10-5-6-12(16(18)19)14(7-10)20-13-4-2-1-3-11(13)9-17/h1-7,17H,9H2. The van der Waals surface area contributed by atoms with E-state index >= 15 is 0 Å². The fourth-order valence-corrected chi connectivity index (χ4v) is 1.67. The van der Waals surface area contributed by atoms with Crippen molar-refractivity contribution in [1.82, 2.24) is 0 Å². The fourth-order valence-electron chi connectivity index (χ4n) is 1.67. The average molecular weight is 270 g/mol. The Balaban J connectivity index is 2.46. The lowest BCUT2D eigenvalue weighted by Crippen LogP contribution is -1.96. The van der Waals surface area contributed by atoms with Gasteiger partial charge in [-0.1, -0.05) is 18.2 Å². The highest BCUT2D eigenvalue weighted by atomic mass is 16.6. The lowest BCUT2D eigenvalue weighted by Gasteiger charge is -2.09. The Morgan fingerprint density at radius 3 is 2.65 bits per heavy atom. The van der Waals surface area contributed by atoms with Crippen LogP contribution < -0.4 is 4.74 Å². The Labute approximate surface area is 114 Å². The summed E-state index contributed by atoms with van der Waals surface area (Å²) in [6.07, 6.45) is 0. The number of ether oxygens (including phenoxy) is 1. The molecule has 0 saturated heterocycles. The summed E-state index contributed by atoms with van der Waals surface area (Å²) in [6.45, 7) is -0.248. The zero-order valence-electron chi connectivity index (χ0n) is 10.3. The van der Waals surface area contributed by atoms with E-state index in [1.165, 1.54) is 18.2 Å². The molecule has 6 nitrogen and oxygen atoms in total. The molecule has 0 amide bonds. The Morgan fingerprint density at radius 2 is 2.00 bits per heavy atom. The van der Waals surface area contributed by atoms with Crippen LogP contribution in [0.2, 0.25) is 0 Å². The zero-order valence-corrected chi connectivity index (χ0v) is 10.3. The van der Waals surface area contributed by atoms with Gasteiger partial charge in [0.05, 0.1) is 23.2 Å². The summed E-state index contributed by atoms with van der Waals surface area (Å²) in [4.78, 5) is 10.4. The first-order valence-electron chi connectivity index (χ1n) is 5.71. The van der Waals surface area contributed by atoms with Gasteiger partial charge in [-0.3, -0.25) is 10.1 Å². The van der Waals surface area contributed by atoms with Crippen molar-refractivity contribution in [2.75, 3.05) is 0 Å². The molecule has 0 unspecified atom stereocenters. The van der Waals surface area contributed by atoms with Gasteiger partial charge in [-0.25, -0.2) is 0 Å². The molecule has 6 heteroatoms. The second-order valence-electron chi connectivity index (χ2n) is 3.92. The summed E-state index contributed by atoms with van der Waals surface area (Å²) >= 11 is 0. The zero-order chi connectivity index (χ0) is 14.5. The number of nitriles is 1. The van der Waals surface area contributed by atoms with E-state index < -0.39 is 4.92 Å². The van der Waals surface area contributed by atoms with Gasteiger partial charge in [0.1, 0.15) is 5.75 Å². The molecular formula is C14H10N2O4. The molecule has 0 aromatic heterocycles. The van der Waals surface area contributed by atoms with Crippen LogP contribution in [0.5, 0.6) is 11.5 Å². The molecule has 100 valence electrons. The van der Waals surface area contributed by atoms with Gasteiger partial charge in [0.15, 0.2) is 0 Å². The van der Waals surface area contributed by atoms with Gasteiger partial charge < -0.3 is 9.84 Å². The van der Waals surface area contributed by atoms with Crippen LogP contribution in [0.15, 0.2) is 42.5 Å². The van der Waals surface area contributed by atoms with E-state index in [0.29, 0.717) is 11.3 Å². The second kappa shape index (κ2) is 5.82. The molecule has 2 aromatic carbocycles. The molecular weight excluding hydrogens is 260 g/mol. The number of nitro groups is 1. The van der Waals surface area contributed by atoms with Crippen molar-refractivity contribution in [2.24, 2.45) is 0 Å². The van der Waals surface area contributed by atoms with Crippen molar-refractivity contribution in [1.29, 1.82) is 5.26 Å². The first-order chi connectivity index (χ1) is 9.65. The van der Waals surface area contributed by atoms with E-state index in [2.05, 4.69) is 0 Å². The maximum atomic E-state index is 11.0. The maximum Gasteiger partial charge on any atom is 0.311 e. The van der Waals surface area contributed by atoms with Crippen LogP contribution in [0.4, 0.5) is 5.69 Å². The number of hydrogen-bond donors (Lipinski definition) is 1.